The molecule has 19 heavy (non-hydrogen) atoms. The summed E-state index contributed by atoms with van der Waals surface area (Å²) in [6, 6.07) is 6.31. The average Bonchev–Trinajstić information content (AvgIpc) is 2.39. The lowest BCUT2D eigenvalue weighted by Gasteiger charge is -2.34. The van der Waals surface area contributed by atoms with Gasteiger partial charge in [-0.1, -0.05) is 25.4 Å². The first-order valence-electron chi connectivity index (χ1n) is 7.44. The Morgan fingerprint density at radius 1 is 1.42 bits per heavy atom. The van der Waals surface area contributed by atoms with E-state index in [0.29, 0.717) is 0 Å². The zero-order chi connectivity index (χ0) is 13.7. The first kappa shape index (κ1) is 14.7. The minimum Gasteiger partial charge on any atom is -0.371 e. The molecule has 0 aromatic heterocycles. The molecular formula is C16H25ClN2. The molecule has 0 bridgehead atoms. The Balaban J connectivity index is 2.13. The zero-order valence-corrected chi connectivity index (χ0v) is 12.8. The predicted octanol–water partition coefficient (Wildman–Crippen LogP) is 4.08. The van der Waals surface area contributed by atoms with Crippen molar-refractivity contribution in [1.82, 2.24) is 5.32 Å². The number of hydrogen-bond donors (Lipinski definition) is 1. The van der Waals surface area contributed by atoms with Crippen molar-refractivity contribution in [3.63, 3.8) is 0 Å². The Bertz CT molecular complexity index is 406. The third kappa shape index (κ3) is 4.12. The van der Waals surface area contributed by atoms with Crippen LogP contribution in [0.4, 0.5) is 5.69 Å². The highest BCUT2D eigenvalue weighted by atomic mass is 35.5. The molecule has 1 saturated heterocycles. The van der Waals surface area contributed by atoms with Crippen LogP contribution >= 0.6 is 11.6 Å². The number of hydrogen-bond acceptors (Lipinski definition) is 2. The molecule has 1 aliphatic heterocycles. The van der Waals surface area contributed by atoms with Gasteiger partial charge in [-0.05, 0) is 55.5 Å². The predicted molar refractivity (Wildman–Crippen MR) is 84.1 cm³/mol. The van der Waals surface area contributed by atoms with Gasteiger partial charge in [-0.3, -0.25) is 0 Å². The quantitative estimate of drug-likeness (QED) is 0.818. The highest BCUT2D eigenvalue weighted by Gasteiger charge is 2.18. The van der Waals surface area contributed by atoms with E-state index in [4.69, 9.17) is 11.6 Å². The van der Waals surface area contributed by atoms with Crippen LogP contribution in [0.15, 0.2) is 18.2 Å². The second kappa shape index (κ2) is 7.16. The molecule has 3 heteroatoms. The number of nitrogens with zero attached hydrogens (tertiary/aromatic N) is 1. The van der Waals surface area contributed by atoms with Crippen LogP contribution in [-0.4, -0.2) is 19.6 Å². The third-order valence-electron chi connectivity index (χ3n) is 3.78. The number of anilines is 1. The van der Waals surface area contributed by atoms with Crippen LogP contribution in [0.5, 0.6) is 0 Å². The monoisotopic (exact) mass is 280 g/mol. The molecule has 1 unspecified atom stereocenters. The normalized spacial score (nSPS) is 19.7. The Labute approximate surface area is 122 Å². The fraction of sp³-hybridized carbons (Fsp3) is 0.625. The number of rotatable bonds is 5. The standard InChI is InChI=1S/C16H25ClN2/c1-3-8-18-11-14-10-15(17)6-7-16(14)19-9-4-5-13(2)12-19/h6-7,10,13,18H,3-5,8-9,11-12H2,1-2H3. The molecule has 1 N–H and O–H groups in total. The molecule has 2 nitrogen and oxygen atoms in total. The summed E-state index contributed by atoms with van der Waals surface area (Å²) in [5.74, 6) is 0.792. The van der Waals surface area contributed by atoms with E-state index in [0.717, 1.165) is 30.5 Å². The lowest BCUT2D eigenvalue weighted by molar-refractivity contribution is 0.446. The van der Waals surface area contributed by atoms with E-state index in [1.807, 2.05) is 6.07 Å². The summed E-state index contributed by atoms with van der Waals surface area (Å²) in [6.45, 7) is 8.85. The smallest absolute Gasteiger partial charge is 0.0412 e. The molecule has 0 radical (unpaired) electrons. The van der Waals surface area contributed by atoms with Crippen LogP contribution in [0.25, 0.3) is 0 Å². The van der Waals surface area contributed by atoms with Crippen LogP contribution < -0.4 is 10.2 Å². The lowest BCUT2D eigenvalue weighted by Crippen LogP contribution is -2.35. The lowest BCUT2D eigenvalue weighted by atomic mass is 9.99. The topological polar surface area (TPSA) is 15.3 Å². The van der Waals surface area contributed by atoms with Crippen molar-refractivity contribution < 1.29 is 0 Å². The highest BCUT2D eigenvalue weighted by Crippen LogP contribution is 2.28. The van der Waals surface area contributed by atoms with Gasteiger partial charge in [-0.2, -0.15) is 0 Å². The average molecular weight is 281 g/mol. The Kier molecular flexibility index (Phi) is 5.53. The first-order valence-corrected chi connectivity index (χ1v) is 7.82. The van der Waals surface area contributed by atoms with Gasteiger partial charge in [-0.15, -0.1) is 0 Å². The summed E-state index contributed by atoms with van der Waals surface area (Å²) in [7, 11) is 0. The second-order valence-corrected chi connectivity index (χ2v) is 6.08. The molecule has 0 amide bonds. The molecule has 0 spiro atoms. The van der Waals surface area contributed by atoms with Gasteiger partial charge in [0, 0.05) is 30.3 Å². The summed E-state index contributed by atoms with van der Waals surface area (Å²) in [5, 5.41) is 4.32. The van der Waals surface area contributed by atoms with Crippen molar-refractivity contribution in [2.24, 2.45) is 5.92 Å². The fourth-order valence-corrected chi connectivity index (χ4v) is 3.01. The van der Waals surface area contributed by atoms with Crippen molar-refractivity contribution in [2.45, 2.75) is 39.7 Å². The minimum absolute atomic E-state index is 0.792. The number of piperidine rings is 1. The first-order chi connectivity index (χ1) is 9.20. The SMILES string of the molecule is CCCNCc1cc(Cl)ccc1N1CCCC(C)C1. The Hall–Kier alpha value is -0.730. The van der Waals surface area contributed by atoms with E-state index in [-0.39, 0.29) is 0 Å². The van der Waals surface area contributed by atoms with Gasteiger partial charge in [0.1, 0.15) is 0 Å². The second-order valence-electron chi connectivity index (χ2n) is 5.64. The number of halogens is 1. The molecule has 1 atom stereocenters. The largest absolute Gasteiger partial charge is 0.371 e. The maximum absolute atomic E-state index is 6.15. The van der Waals surface area contributed by atoms with Gasteiger partial charge in [0.05, 0.1) is 0 Å². The van der Waals surface area contributed by atoms with E-state index < -0.39 is 0 Å². The summed E-state index contributed by atoms with van der Waals surface area (Å²) in [4.78, 5) is 2.52. The zero-order valence-electron chi connectivity index (χ0n) is 12.1. The van der Waals surface area contributed by atoms with Crippen LogP contribution in [0.2, 0.25) is 5.02 Å². The molecule has 1 aliphatic rings. The van der Waals surface area contributed by atoms with E-state index in [1.54, 1.807) is 0 Å². The summed E-state index contributed by atoms with van der Waals surface area (Å²) in [6.07, 6.45) is 3.82. The molecule has 1 aromatic rings. The molecule has 1 aromatic carbocycles. The van der Waals surface area contributed by atoms with Gasteiger partial charge in [-0.25, -0.2) is 0 Å². The van der Waals surface area contributed by atoms with Crippen LogP contribution in [0.1, 0.15) is 38.7 Å². The van der Waals surface area contributed by atoms with Crippen molar-refractivity contribution in [1.29, 1.82) is 0 Å². The van der Waals surface area contributed by atoms with Gasteiger partial charge < -0.3 is 10.2 Å². The van der Waals surface area contributed by atoms with Gasteiger partial charge in [0.15, 0.2) is 0 Å². The highest BCUT2D eigenvalue weighted by molar-refractivity contribution is 6.30. The van der Waals surface area contributed by atoms with E-state index >= 15 is 0 Å². The van der Waals surface area contributed by atoms with E-state index in [9.17, 15) is 0 Å². The molecule has 106 valence electrons. The molecule has 2 rings (SSSR count). The molecule has 1 fully saturated rings. The number of nitrogens with one attached hydrogen (secondary N) is 1. The Morgan fingerprint density at radius 3 is 3.00 bits per heavy atom. The van der Waals surface area contributed by atoms with Crippen LogP contribution in [-0.2, 0) is 6.54 Å². The molecule has 0 aliphatic carbocycles. The van der Waals surface area contributed by atoms with E-state index in [1.165, 1.54) is 37.2 Å². The van der Waals surface area contributed by atoms with Crippen molar-refractivity contribution in [3.8, 4) is 0 Å². The van der Waals surface area contributed by atoms with Gasteiger partial charge in [0.2, 0.25) is 0 Å². The molecule has 0 saturated carbocycles. The maximum Gasteiger partial charge on any atom is 0.0412 e. The van der Waals surface area contributed by atoms with Crippen molar-refractivity contribution in [3.05, 3.63) is 28.8 Å². The van der Waals surface area contributed by atoms with Crippen molar-refractivity contribution >= 4 is 17.3 Å². The minimum atomic E-state index is 0.792. The number of benzene rings is 1. The molecular weight excluding hydrogens is 256 g/mol. The van der Waals surface area contributed by atoms with Crippen LogP contribution in [0, 0.1) is 5.92 Å². The third-order valence-corrected chi connectivity index (χ3v) is 4.02. The van der Waals surface area contributed by atoms with Crippen molar-refractivity contribution in [2.75, 3.05) is 24.5 Å². The van der Waals surface area contributed by atoms with Crippen LogP contribution in [0.3, 0.4) is 0 Å². The summed E-state index contributed by atoms with van der Waals surface area (Å²) < 4.78 is 0. The van der Waals surface area contributed by atoms with E-state index in [2.05, 4.69) is 36.2 Å². The summed E-state index contributed by atoms with van der Waals surface area (Å²) in [5.41, 5.74) is 2.69. The summed E-state index contributed by atoms with van der Waals surface area (Å²) >= 11 is 6.15. The Morgan fingerprint density at radius 2 is 2.26 bits per heavy atom. The van der Waals surface area contributed by atoms with Gasteiger partial charge >= 0.3 is 0 Å². The maximum atomic E-state index is 6.15. The fourth-order valence-electron chi connectivity index (χ4n) is 2.81. The van der Waals surface area contributed by atoms with Gasteiger partial charge in [0.25, 0.3) is 0 Å². The molecule has 1 heterocycles.